The van der Waals surface area contributed by atoms with Gasteiger partial charge in [-0.15, -0.1) is 0 Å². The second kappa shape index (κ2) is 6.21. The van der Waals surface area contributed by atoms with Gasteiger partial charge in [0.15, 0.2) is 0 Å². The number of H-pyrrole nitrogens is 1. The van der Waals surface area contributed by atoms with Gasteiger partial charge in [-0.05, 0) is 36.1 Å². The molecule has 148 valence electrons. The second-order valence-corrected chi connectivity index (χ2v) is 8.29. The van der Waals surface area contributed by atoms with Crippen molar-refractivity contribution in [1.82, 2.24) is 25.3 Å². The lowest BCUT2D eigenvalue weighted by atomic mass is 9.93. The van der Waals surface area contributed by atoms with Crippen LogP contribution in [0.4, 0.5) is 5.82 Å². The van der Waals surface area contributed by atoms with Crippen molar-refractivity contribution in [2.45, 2.75) is 6.42 Å². The van der Waals surface area contributed by atoms with Crippen LogP contribution in [0.25, 0.3) is 22.0 Å². The Morgan fingerprint density at radius 3 is 2.80 bits per heavy atom. The first kappa shape index (κ1) is 17.3. The van der Waals surface area contributed by atoms with Gasteiger partial charge in [0.1, 0.15) is 12.1 Å². The van der Waals surface area contributed by atoms with E-state index in [1.54, 1.807) is 18.6 Å². The second-order valence-electron chi connectivity index (χ2n) is 8.29. The van der Waals surface area contributed by atoms with Crippen molar-refractivity contribution in [1.29, 1.82) is 0 Å². The minimum absolute atomic E-state index is 0.177. The van der Waals surface area contributed by atoms with Gasteiger partial charge in [-0.2, -0.15) is 0 Å². The normalized spacial score (nSPS) is 26.5. The maximum atomic E-state index is 12.6. The lowest BCUT2D eigenvalue weighted by Gasteiger charge is -2.14. The van der Waals surface area contributed by atoms with Gasteiger partial charge in [-0.3, -0.25) is 4.79 Å². The molecule has 2 atom stereocenters. The number of fused-ring (bicyclic) bond motifs is 1. The minimum atomic E-state index is -0.177. The van der Waals surface area contributed by atoms with E-state index < -0.39 is 0 Å². The van der Waals surface area contributed by atoms with Crippen LogP contribution in [0, 0.1) is 10.8 Å². The zero-order chi connectivity index (χ0) is 20.2. The highest BCUT2D eigenvalue weighted by Crippen LogP contribution is 2.68. The van der Waals surface area contributed by atoms with Gasteiger partial charge in [-0.25, -0.2) is 15.0 Å². The zero-order valence-electron chi connectivity index (χ0n) is 16.2. The number of piperidine rings is 1. The molecule has 2 fully saturated rings. The SMILES string of the molecule is O=c1[nH]ccc2cc(-c3cncnc3)nc(NC3=CC=CC45CNCC4(C=C3)C5)c12. The molecule has 0 bridgehead atoms. The van der Waals surface area contributed by atoms with E-state index in [1.165, 1.54) is 12.7 Å². The molecule has 7 nitrogen and oxygen atoms in total. The van der Waals surface area contributed by atoms with Crippen LogP contribution < -0.4 is 16.2 Å². The molecule has 0 spiro atoms. The Balaban J connectivity index is 1.44. The summed E-state index contributed by atoms with van der Waals surface area (Å²) in [7, 11) is 0. The van der Waals surface area contributed by atoms with Crippen molar-refractivity contribution in [2.75, 3.05) is 18.4 Å². The van der Waals surface area contributed by atoms with Gasteiger partial charge in [0.25, 0.3) is 5.56 Å². The summed E-state index contributed by atoms with van der Waals surface area (Å²) in [4.78, 5) is 28.3. The van der Waals surface area contributed by atoms with E-state index in [-0.39, 0.29) is 16.4 Å². The first-order chi connectivity index (χ1) is 14.7. The van der Waals surface area contributed by atoms with Crippen LogP contribution in [0.3, 0.4) is 0 Å². The Bertz CT molecular complexity index is 1310. The third-order valence-corrected chi connectivity index (χ3v) is 6.52. The molecule has 1 saturated heterocycles. The van der Waals surface area contributed by atoms with Crippen LogP contribution in [0.5, 0.6) is 0 Å². The number of allylic oxidation sites excluding steroid dienone is 3. The van der Waals surface area contributed by atoms with Crippen molar-refractivity contribution in [3.63, 3.8) is 0 Å². The maximum absolute atomic E-state index is 12.6. The standard InChI is InChI=1S/C23H20N6O/c30-21-19-15(4-7-27-21)8-18(16-9-24-14-25-10-16)29-20(19)28-17-2-1-5-22-11-23(22,6-3-17)13-26-12-22/h1-10,14,26H,11-13H2,(H,27,30)(H,28,29). The fraction of sp³-hybridized carbons (Fsp3) is 0.217. The van der Waals surface area contributed by atoms with Gasteiger partial charge >= 0.3 is 0 Å². The molecule has 3 aromatic rings. The quantitative estimate of drug-likeness (QED) is 0.630. The summed E-state index contributed by atoms with van der Waals surface area (Å²) in [5, 5.41) is 8.23. The minimum Gasteiger partial charge on any atom is -0.340 e. The lowest BCUT2D eigenvalue weighted by molar-refractivity contribution is 0.600. The molecule has 6 rings (SSSR count). The van der Waals surface area contributed by atoms with Crippen LogP contribution in [0.15, 0.2) is 77.9 Å². The molecule has 0 amide bonds. The van der Waals surface area contributed by atoms with Crippen LogP contribution in [0.1, 0.15) is 6.42 Å². The molecule has 3 N–H and O–H groups in total. The summed E-state index contributed by atoms with van der Waals surface area (Å²) in [6.45, 7) is 2.04. The number of anilines is 1. The Hall–Kier alpha value is -3.58. The van der Waals surface area contributed by atoms with Crippen LogP contribution in [0.2, 0.25) is 0 Å². The molecule has 3 aliphatic rings. The highest BCUT2D eigenvalue weighted by Gasteiger charge is 2.66. The summed E-state index contributed by atoms with van der Waals surface area (Å²) in [6, 6.07) is 3.76. The third-order valence-electron chi connectivity index (χ3n) is 6.52. The van der Waals surface area contributed by atoms with E-state index in [0.717, 1.165) is 29.7 Å². The van der Waals surface area contributed by atoms with E-state index in [1.807, 2.05) is 18.2 Å². The van der Waals surface area contributed by atoms with E-state index >= 15 is 0 Å². The molecule has 1 aliphatic heterocycles. The van der Waals surface area contributed by atoms with Crippen LogP contribution in [-0.4, -0.2) is 33.0 Å². The monoisotopic (exact) mass is 396 g/mol. The predicted molar refractivity (Wildman–Crippen MR) is 116 cm³/mol. The van der Waals surface area contributed by atoms with Gasteiger partial charge in [-0.1, -0.05) is 18.2 Å². The number of aromatic nitrogens is 4. The molecule has 4 heterocycles. The molecule has 3 aromatic heterocycles. The molecular weight excluding hydrogens is 376 g/mol. The van der Waals surface area contributed by atoms with Crippen LogP contribution >= 0.6 is 0 Å². The van der Waals surface area contributed by atoms with Crippen molar-refractivity contribution in [2.24, 2.45) is 10.8 Å². The predicted octanol–water partition coefficient (Wildman–Crippen LogP) is 2.78. The molecular formula is C23H20N6O. The van der Waals surface area contributed by atoms with Crippen molar-refractivity contribution in [3.8, 4) is 11.3 Å². The van der Waals surface area contributed by atoms with Gasteiger partial charge in [0, 0.05) is 53.8 Å². The molecule has 2 aliphatic carbocycles. The number of hydrogen-bond donors (Lipinski definition) is 3. The average molecular weight is 396 g/mol. The van der Waals surface area contributed by atoms with Crippen LogP contribution in [-0.2, 0) is 0 Å². The van der Waals surface area contributed by atoms with Crippen molar-refractivity contribution >= 4 is 16.6 Å². The van der Waals surface area contributed by atoms with Crippen molar-refractivity contribution < 1.29 is 0 Å². The average Bonchev–Trinajstić information content (AvgIpc) is 3.23. The topological polar surface area (TPSA) is 95.6 Å². The Kier molecular flexibility index (Phi) is 3.58. The maximum Gasteiger partial charge on any atom is 0.259 e. The molecule has 0 aromatic carbocycles. The van der Waals surface area contributed by atoms with E-state index in [0.29, 0.717) is 16.9 Å². The molecule has 30 heavy (non-hydrogen) atoms. The molecule has 2 unspecified atom stereocenters. The Labute approximate surface area is 172 Å². The first-order valence-electron chi connectivity index (χ1n) is 10.0. The summed E-state index contributed by atoms with van der Waals surface area (Å²) >= 11 is 0. The Morgan fingerprint density at radius 2 is 1.93 bits per heavy atom. The lowest BCUT2D eigenvalue weighted by Crippen LogP contribution is -2.15. The summed E-state index contributed by atoms with van der Waals surface area (Å²) in [5.74, 6) is 0.516. The fourth-order valence-corrected chi connectivity index (χ4v) is 4.82. The summed E-state index contributed by atoms with van der Waals surface area (Å²) in [6.07, 6.45) is 18.6. The van der Waals surface area contributed by atoms with Gasteiger partial charge in [0.2, 0.25) is 0 Å². The number of nitrogens with one attached hydrogen (secondary N) is 3. The third kappa shape index (κ3) is 2.55. The number of rotatable bonds is 3. The number of nitrogens with zero attached hydrogens (tertiary/aromatic N) is 3. The first-order valence-corrected chi connectivity index (χ1v) is 10.0. The van der Waals surface area contributed by atoms with E-state index in [9.17, 15) is 4.79 Å². The molecule has 1 saturated carbocycles. The number of pyridine rings is 2. The van der Waals surface area contributed by atoms with Gasteiger partial charge in [0.05, 0.1) is 11.1 Å². The number of hydrogen-bond acceptors (Lipinski definition) is 6. The largest absolute Gasteiger partial charge is 0.340 e. The van der Waals surface area contributed by atoms with E-state index in [4.69, 9.17) is 4.98 Å². The highest BCUT2D eigenvalue weighted by atomic mass is 16.1. The van der Waals surface area contributed by atoms with E-state index in [2.05, 4.69) is 49.9 Å². The highest BCUT2D eigenvalue weighted by molar-refractivity contribution is 5.94. The van der Waals surface area contributed by atoms with Crippen molar-refractivity contribution in [3.05, 3.63) is 83.5 Å². The van der Waals surface area contributed by atoms with Gasteiger partial charge < -0.3 is 15.6 Å². The molecule has 0 radical (unpaired) electrons. The zero-order valence-corrected chi connectivity index (χ0v) is 16.2. The number of aromatic amines is 1. The Morgan fingerprint density at radius 1 is 1.10 bits per heavy atom. The summed E-state index contributed by atoms with van der Waals surface area (Å²) < 4.78 is 0. The summed E-state index contributed by atoms with van der Waals surface area (Å²) in [5.41, 5.74) is 2.70. The smallest absolute Gasteiger partial charge is 0.259 e. The fourth-order valence-electron chi connectivity index (χ4n) is 4.82. The molecule has 7 heteroatoms.